The third kappa shape index (κ3) is 7.17. The second kappa shape index (κ2) is 14.2. The van der Waals surface area contributed by atoms with Gasteiger partial charge in [0.15, 0.2) is 5.75 Å². The van der Waals surface area contributed by atoms with Crippen molar-refractivity contribution in [2.75, 3.05) is 44.6 Å². The number of likely N-dealkylation sites (tertiary alicyclic amines) is 2. The predicted molar refractivity (Wildman–Crippen MR) is 162 cm³/mol. The first-order valence-corrected chi connectivity index (χ1v) is 15.6. The topological polar surface area (TPSA) is 106 Å². The number of aromatic nitrogens is 2. The molecule has 1 aromatic carbocycles. The van der Waals surface area contributed by atoms with Gasteiger partial charge in [0, 0.05) is 62.1 Å². The normalized spacial score (nSPS) is 18.3. The number of rotatable bonds is 11. The zero-order valence-electron chi connectivity index (χ0n) is 25.8. The third-order valence-corrected chi connectivity index (χ3v) is 9.03. The summed E-state index contributed by atoms with van der Waals surface area (Å²) in [6.45, 7) is 7.18. The molecule has 2 aromatic rings. The highest BCUT2D eigenvalue weighted by atomic mass is 35.5. The second-order valence-corrected chi connectivity index (χ2v) is 12.3. The molecule has 0 spiro atoms. The largest absolute Gasteiger partial charge is 0.466 e. The van der Waals surface area contributed by atoms with Gasteiger partial charge in [-0.2, -0.15) is 13.9 Å². The van der Waals surface area contributed by atoms with Crippen LogP contribution in [0.2, 0.25) is 5.02 Å². The Morgan fingerprint density at radius 1 is 1.05 bits per heavy atom. The van der Waals surface area contributed by atoms with Crippen LogP contribution < -0.4 is 10.1 Å². The summed E-state index contributed by atoms with van der Waals surface area (Å²) in [5, 5.41) is 7.59. The number of benzene rings is 1. The number of hydrogen-bond acceptors (Lipinski definition) is 7. The van der Waals surface area contributed by atoms with E-state index in [1.54, 1.807) is 22.7 Å². The number of anilines is 1. The van der Waals surface area contributed by atoms with Gasteiger partial charge in [-0.1, -0.05) is 32.4 Å². The molecule has 2 saturated heterocycles. The maximum atomic E-state index is 14.2. The molecule has 1 aromatic heterocycles. The Morgan fingerprint density at radius 2 is 1.73 bits per heavy atom. The van der Waals surface area contributed by atoms with E-state index in [9.17, 15) is 23.2 Å². The highest BCUT2D eigenvalue weighted by Crippen LogP contribution is 2.40. The lowest BCUT2D eigenvalue weighted by atomic mass is 9.76. The first kappa shape index (κ1) is 33.6. The molecule has 0 atom stereocenters. The molecule has 2 aliphatic heterocycles. The second-order valence-electron chi connectivity index (χ2n) is 11.8. The average molecular weight is 638 g/mol. The van der Waals surface area contributed by atoms with Crippen molar-refractivity contribution in [1.29, 1.82) is 0 Å². The molecule has 2 amide bonds. The van der Waals surface area contributed by atoms with Gasteiger partial charge in [-0.3, -0.25) is 19.1 Å². The molecular weight excluding hydrogens is 596 g/mol. The summed E-state index contributed by atoms with van der Waals surface area (Å²) in [5.74, 6) is -0.768. The molecule has 0 radical (unpaired) electrons. The molecule has 242 valence electrons. The van der Waals surface area contributed by atoms with Gasteiger partial charge in [-0.05, 0) is 56.7 Å². The number of esters is 1. The SMILES string of the molecule is CCOC(=O)C1(CN2CCC(C(=O)Nc3ccc(Cl)cc3OC(F)F)(n3nccc3C(C)C)CC2)CCN(C(=O)CC)CC1. The van der Waals surface area contributed by atoms with Crippen molar-refractivity contribution in [2.24, 2.45) is 5.41 Å². The number of nitrogens with one attached hydrogen (secondary N) is 1. The number of hydrogen-bond donors (Lipinski definition) is 1. The molecule has 13 heteroatoms. The van der Waals surface area contributed by atoms with Gasteiger partial charge in [-0.15, -0.1) is 0 Å². The lowest BCUT2D eigenvalue weighted by Gasteiger charge is -2.46. The maximum Gasteiger partial charge on any atom is 0.387 e. The Balaban J connectivity index is 1.59. The first-order valence-electron chi connectivity index (χ1n) is 15.2. The monoisotopic (exact) mass is 637 g/mol. The van der Waals surface area contributed by atoms with Crippen LogP contribution in [0.3, 0.4) is 0 Å². The molecule has 44 heavy (non-hydrogen) atoms. The summed E-state index contributed by atoms with van der Waals surface area (Å²) in [6, 6.07) is 6.04. The number of halogens is 3. The van der Waals surface area contributed by atoms with Gasteiger partial charge in [0.05, 0.1) is 17.7 Å². The Labute approximate surface area is 262 Å². The fourth-order valence-electron chi connectivity index (χ4n) is 6.30. The predicted octanol–water partition coefficient (Wildman–Crippen LogP) is 5.27. The van der Waals surface area contributed by atoms with Crippen LogP contribution >= 0.6 is 11.6 Å². The molecule has 0 aliphatic carbocycles. The Hall–Kier alpha value is -3.25. The average Bonchev–Trinajstić information content (AvgIpc) is 3.50. The number of carbonyl (C=O) groups is 3. The highest BCUT2D eigenvalue weighted by molar-refractivity contribution is 6.30. The zero-order chi connectivity index (χ0) is 32.1. The van der Waals surface area contributed by atoms with E-state index < -0.39 is 23.5 Å². The van der Waals surface area contributed by atoms with E-state index in [-0.39, 0.29) is 40.9 Å². The zero-order valence-corrected chi connectivity index (χ0v) is 26.5. The van der Waals surface area contributed by atoms with Crippen LogP contribution in [-0.2, 0) is 24.7 Å². The van der Waals surface area contributed by atoms with Crippen molar-refractivity contribution < 1.29 is 32.6 Å². The smallest absolute Gasteiger partial charge is 0.387 e. The molecule has 2 aliphatic rings. The summed E-state index contributed by atoms with van der Waals surface area (Å²) in [7, 11) is 0. The summed E-state index contributed by atoms with van der Waals surface area (Å²) in [5.41, 5.74) is -0.947. The van der Waals surface area contributed by atoms with E-state index in [0.717, 1.165) is 5.69 Å². The van der Waals surface area contributed by atoms with Gasteiger partial charge in [0.1, 0.15) is 5.54 Å². The van der Waals surface area contributed by atoms with Crippen LogP contribution in [0.5, 0.6) is 5.75 Å². The minimum Gasteiger partial charge on any atom is -0.466 e. The van der Waals surface area contributed by atoms with E-state index in [1.165, 1.54) is 18.2 Å². The highest BCUT2D eigenvalue weighted by Gasteiger charge is 2.49. The summed E-state index contributed by atoms with van der Waals surface area (Å²) in [4.78, 5) is 43.8. The van der Waals surface area contributed by atoms with E-state index in [1.807, 2.05) is 26.8 Å². The van der Waals surface area contributed by atoms with Crippen molar-refractivity contribution >= 4 is 35.1 Å². The standard InChI is InChI=1S/C31H42ClF2N5O5/c1-5-26(40)38-17-10-30(11-18-38,28(42)43-6-2)20-37-15-12-31(13-16-37,39-24(21(3)4)9-14-35-39)27(41)36-23-8-7-22(32)19-25(23)44-29(33)34/h7-9,14,19,21,29H,5-6,10-13,15-18,20H2,1-4H3,(H,36,41). The molecule has 10 nitrogen and oxygen atoms in total. The fourth-order valence-corrected chi connectivity index (χ4v) is 6.46. The van der Waals surface area contributed by atoms with Gasteiger partial charge in [-0.25, -0.2) is 0 Å². The fraction of sp³-hybridized carbons (Fsp3) is 0.613. The van der Waals surface area contributed by atoms with Crippen LogP contribution in [0.15, 0.2) is 30.5 Å². The van der Waals surface area contributed by atoms with Crippen LogP contribution in [0, 0.1) is 5.41 Å². The van der Waals surface area contributed by atoms with Crippen molar-refractivity contribution in [1.82, 2.24) is 19.6 Å². The first-order chi connectivity index (χ1) is 20.9. The molecule has 1 N–H and O–H groups in total. The number of amides is 2. The van der Waals surface area contributed by atoms with E-state index >= 15 is 0 Å². The summed E-state index contributed by atoms with van der Waals surface area (Å²) >= 11 is 6.02. The lowest BCUT2D eigenvalue weighted by Crippen LogP contribution is -2.57. The Morgan fingerprint density at radius 3 is 2.32 bits per heavy atom. The number of piperidine rings is 2. The van der Waals surface area contributed by atoms with Crippen LogP contribution in [0.4, 0.5) is 14.5 Å². The van der Waals surface area contributed by atoms with Crippen molar-refractivity contribution in [2.45, 2.75) is 77.9 Å². The molecule has 4 rings (SSSR count). The number of alkyl halides is 2. The van der Waals surface area contributed by atoms with Gasteiger partial charge >= 0.3 is 12.6 Å². The Bertz CT molecular complexity index is 1320. The van der Waals surface area contributed by atoms with Crippen molar-refractivity contribution in [3.63, 3.8) is 0 Å². The van der Waals surface area contributed by atoms with Crippen molar-refractivity contribution in [3.8, 4) is 5.75 Å². The quantitative estimate of drug-likeness (QED) is 0.335. The number of ether oxygens (including phenoxy) is 2. The van der Waals surface area contributed by atoms with Gasteiger partial charge in [0.2, 0.25) is 5.91 Å². The molecule has 3 heterocycles. The maximum absolute atomic E-state index is 14.2. The summed E-state index contributed by atoms with van der Waals surface area (Å²) in [6.07, 6.45) is 3.79. The van der Waals surface area contributed by atoms with Crippen LogP contribution in [0.1, 0.15) is 71.4 Å². The minimum absolute atomic E-state index is 0.0663. The number of nitrogens with zero attached hydrogens (tertiary/aromatic N) is 4. The van der Waals surface area contributed by atoms with E-state index in [4.69, 9.17) is 16.3 Å². The van der Waals surface area contributed by atoms with E-state index in [0.29, 0.717) is 64.8 Å². The summed E-state index contributed by atoms with van der Waals surface area (Å²) < 4.78 is 38.3. The molecule has 0 bridgehead atoms. The van der Waals surface area contributed by atoms with Crippen LogP contribution in [-0.4, -0.2) is 83.3 Å². The van der Waals surface area contributed by atoms with Gasteiger partial charge in [0.25, 0.3) is 5.91 Å². The van der Waals surface area contributed by atoms with Crippen LogP contribution in [0.25, 0.3) is 0 Å². The molecule has 0 saturated carbocycles. The molecular formula is C31H42ClF2N5O5. The number of carbonyl (C=O) groups excluding carboxylic acids is 3. The molecule has 2 fully saturated rings. The Kier molecular flexibility index (Phi) is 10.9. The van der Waals surface area contributed by atoms with E-state index in [2.05, 4.69) is 20.1 Å². The van der Waals surface area contributed by atoms with Crippen molar-refractivity contribution in [3.05, 3.63) is 41.2 Å². The third-order valence-electron chi connectivity index (χ3n) is 8.79. The molecule has 0 unspecified atom stereocenters. The minimum atomic E-state index is -3.10. The lowest BCUT2D eigenvalue weighted by molar-refractivity contribution is -0.162. The van der Waals surface area contributed by atoms with Gasteiger partial charge < -0.3 is 24.6 Å².